The molecule has 8 nitrogen and oxygen atoms in total. The number of carbonyl (C=O) groups excluding carboxylic acids is 2. The first-order valence-corrected chi connectivity index (χ1v) is 7.60. The van der Waals surface area contributed by atoms with Gasteiger partial charge >= 0.3 is 6.09 Å². The fraction of sp³-hybridized carbons (Fsp3) is 0.786. The second-order valence-electron chi connectivity index (χ2n) is 6.05. The Balaban J connectivity index is 2.55. The van der Waals surface area contributed by atoms with Gasteiger partial charge in [0.2, 0.25) is 11.8 Å². The molecule has 8 heteroatoms. The number of likely N-dealkylation sites (tertiary alicyclic amines) is 1. The van der Waals surface area contributed by atoms with Gasteiger partial charge in [-0.3, -0.25) is 9.59 Å². The Kier molecular flexibility index (Phi) is 7.10. The van der Waals surface area contributed by atoms with E-state index in [4.69, 9.17) is 10.8 Å². The van der Waals surface area contributed by atoms with Crippen LogP contribution in [0.15, 0.2) is 0 Å². The number of carboxylic acid groups (broad SMARTS) is 1. The third-order valence-corrected chi connectivity index (χ3v) is 3.68. The molecule has 2 atom stereocenters. The molecule has 1 aliphatic rings. The monoisotopic (exact) mass is 314 g/mol. The van der Waals surface area contributed by atoms with E-state index in [1.165, 1.54) is 4.90 Å². The topological polar surface area (TPSA) is 125 Å². The van der Waals surface area contributed by atoms with Crippen LogP contribution in [0.5, 0.6) is 0 Å². The molecule has 1 rings (SSSR count). The van der Waals surface area contributed by atoms with E-state index in [0.717, 1.165) is 12.8 Å². The van der Waals surface area contributed by atoms with Gasteiger partial charge in [-0.2, -0.15) is 0 Å². The van der Waals surface area contributed by atoms with Crippen molar-refractivity contribution in [3.63, 3.8) is 0 Å². The average Bonchev–Trinajstić information content (AvgIpc) is 2.88. The summed E-state index contributed by atoms with van der Waals surface area (Å²) in [5.74, 6) is -0.590. The molecule has 0 spiro atoms. The van der Waals surface area contributed by atoms with Crippen LogP contribution in [0.4, 0.5) is 4.79 Å². The van der Waals surface area contributed by atoms with E-state index in [1.807, 2.05) is 13.8 Å². The van der Waals surface area contributed by atoms with Gasteiger partial charge in [0.1, 0.15) is 0 Å². The molecule has 0 unspecified atom stereocenters. The predicted octanol–water partition coefficient (Wildman–Crippen LogP) is -0.265. The molecular formula is C14H26N4O4. The zero-order valence-corrected chi connectivity index (χ0v) is 13.2. The number of carbonyl (C=O) groups is 3. The van der Waals surface area contributed by atoms with Crippen LogP contribution < -0.4 is 16.4 Å². The van der Waals surface area contributed by atoms with Crippen LogP contribution in [-0.2, 0) is 9.59 Å². The van der Waals surface area contributed by atoms with E-state index in [1.54, 1.807) is 0 Å². The van der Waals surface area contributed by atoms with Crippen LogP contribution in [0.25, 0.3) is 0 Å². The number of primary amides is 1. The second kappa shape index (κ2) is 8.57. The molecule has 1 saturated heterocycles. The quantitative estimate of drug-likeness (QED) is 0.491. The molecule has 1 aliphatic heterocycles. The summed E-state index contributed by atoms with van der Waals surface area (Å²) in [5, 5.41) is 14.7. The lowest BCUT2D eigenvalue weighted by atomic mass is 10.0. The number of rotatable bonds is 8. The van der Waals surface area contributed by atoms with Gasteiger partial charge in [-0.1, -0.05) is 13.8 Å². The minimum atomic E-state index is -0.928. The highest BCUT2D eigenvalue weighted by atomic mass is 16.4. The number of amides is 3. The van der Waals surface area contributed by atoms with E-state index in [2.05, 4.69) is 10.6 Å². The molecule has 0 aromatic carbocycles. The van der Waals surface area contributed by atoms with Gasteiger partial charge in [-0.25, -0.2) is 4.79 Å². The third-order valence-electron chi connectivity index (χ3n) is 3.68. The molecule has 0 aromatic rings. The summed E-state index contributed by atoms with van der Waals surface area (Å²) >= 11 is 0. The smallest absolute Gasteiger partial charge is 0.407 e. The van der Waals surface area contributed by atoms with Crippen LogP contribution in [0, 0.1) is 5.92 Å². The number of hydrogen-bond donors (Lipinski definition) is 4. The molecule has 3 amide bonds. The highest BCUT2D eigenvalue weighted by molar-refractivity contribution is 5.86. The summed E-state index contributed by atoms with van der Waals surface area (Å²) in [5.41, 5.74) is 5.02. The minimum absolute atomic E-state index is 0.115. The Labute approximate surface area is 130 Å². The van der Waals surface area contributed by atoms with Crippen LogP contribution in [0.1, 0.15) is 33.1 Å². The summed E-state index contributed by atoms with van der Waals surface area (Å²) in [6, 6.07) is -0.577. The second-order valence-corrected chi connectivity index (χ2v) is 6.05. The number of nitrogens with two attached hydrogens (primary N) is 1. The van der Waals surface area contributed by atoms with Gasteiger partial charge in [0.25, 0.3) is 0 Å². The first-order chi connectivity index (χ1) is 10.3. The highest BCUT2D eigenvalue weighted by Crippen LogP contribution is 2.17. The van der Waals surface area contributed by atoms with Crippen molar-refractivity contribution in [1.82, 2.24) is 15.5 Å². The Bertz CT molecular complexity index is 414. The Morgan fingerprint density at radius 1 is 1.36 bits per heavy atom. The molecule has 1 heterocycles. The highest BCUT2D eigenvalue weighted by Gasteiger charge is 2.29. The fourth-order valence-electron chi connectivity index (χ4n) is 2.63. The summed E-state index contributed by atoms with van der Waals surface area (Å²) in [6.07, 6.45) is 1.30. The number of nitrogens with zero attached hydrogens (tertiary/aromatic N) is 1. The van der Waals surface area contributed by atoms with Gasteiger partial charge in [0.15, 0.2) is 0 Å². The van der Waals surface area contributed by atoms with Crippen molar-refractivity contribution in [2.45, 2.75) is 45.2 Å². The summed E-state index contributed by atoms with van der Waals surface area (Å²) in [6.45, 7) is 4.75. The van der Waals surface area contributed by atoms with Gasteiger partial charge < -0.3 is 26.4 Å². The standard InChI is InChI=1S/C14H26N4O4/c1-9(2)6-11(13(20)17-8-12(15)19)16-7-10-4-3-5-18(10)14(21)22/h9-11,16H,3-8H2,1-2H3,(H2,15,19)(H,17,20)(H,21,22)/t10-,11-/m0/s1. The minimum Gasteiger partial charge on any atom is -0.465 e. The van der Waals surface area contributed by atoms with E-state index in [-0.39, 0.29) is 24.4 Å². The van der Waals surface area contributed by atoms with Crippen molar-refractivity contribution < 1.29 is 19.5 Å². The van der Waals surface area contributed by atoms with Crippen molar-refractivity contribution in [1.29, 1.82) is 0 Å². The lowest BCUT2D eigenvalue weighted by Gasteiger charge is -2.25. The van der Waals surface area contributed by atoms with Crippen molar-refractivity contribution in [2.75, 3.05) is 19.6 Å². The molecule has 0 radical (unpaired) electrons. The summed E-state index contributed by atoms with van der Waals surface area (Å²) < 4.78 is 0. The maximum atomic E-state index is 12.1. The third kappa shape index (κ3) is 5.88. The van der Waals surface area contributed by atoms with Gasteiger partial charge in [-0.05, 0) is 25.2 Å². The van der Waals surface area contributed by atoms with E-state index < -0.39 is 18.0 Å². The molecule has 0 saturated carbocycles. The lowest BCUT2D eigenvalue weighted by molar-refractivity contribution is -0.126. The zero-order valence-electron chi connectivity index (χ0n) is 13.2. The fourth-order valence-corrected chi connectivity index (χ4v) is 2.63. The van der Waals surface area contributed by atoms with Crippen LogP contribution in [0.3, 0.4) is 0 Å². The van der Waals surface area contributed by atoms with E-state index >= 15 is 0 Å². The Morgan fingerprint density at radius 2 is 2.05 bits per heavy atom. The molecule has 0 bridgehead atoms. The SMILES string of the molecule is CC(C)C[C@H](NC[C@@H]1CCCN1C(=O)O)C(=O)NCC(N)=O. The number of hydrogen-bond acceptors (Lipinski definition) is 4. The summed E-state index contributed by atoms with van der Waals surface area (Å²) in [7, 11) is 0. The van der Waals surface area contributed by atoms with Crippen LogP contribution in [0.2, 0.25) is 0 Å². The number of nitrogens with one attached hydrogen (secondary N) is 2. The largest absolute Gasteiger partial charge is 0.465 e. The average molecular weight is 314 g/mol. The van der Waals surface area contributed by atoms with Crippen molar-refractivity contribution in [3.05, 3.63) is 0 Å². The van der Waals surface area contributed by atoms with Gasteiger partial charge in [-0.15, -0.1) is 0 Å². The molecular weight excluding hydrogens is 288 g/mol. The van der Waals surface area contributed by atoms with Crippen molar-refractivity contribution in [3.8, 4) is 0 Å². The van der Waals surface area contributed by atoms with Crippen molar-refractivity contribution >= 4 is 17.9 Å². The first-order valence-electron chi connectivity index (χ1n) is 7.60. The molecule has 126 valence electrons. The maximum Gasteiger partial charge on any atom is 0.407 e. The molecule has 1 fully saturated rings. The van der Waals surface area contributed by atoms with E-state index in [0.29, 0.717) is 19.5 Å². The zero-order chi connectivity index (χ0) is 16.7. The molecule has 0 aromatic heterocycles. The van der Waals surface area contributed by atoms with E-state index in [9.17, 15) is 14.4 Å². The van der Waals surface area contributed by atoms with Crippen molar-refractivity contribution in [2.24, 2.45) is 11.7 Å². The predicted molar refractivity (Wildman–Crippen MR) is 81.2 cm³/mol. The molecule has 0 aliphatic carbocycles. The maximum absolute atomic E-state index is 12.1. The summed E-state index contributed by atoms with van der Waals surface area (Å²) in [4.78, 5) is 35.4. The first kappa shape index (κ1) is 18.2. The van der Waals surface area contributed by atoms with Crippen LogP contribution in [-0.4, -0.2) is 59.6 Å². The van der Waals surface area contributed by atoms with Gasteiger partial charge in [0.05, 0.1) is 12.6 Å². The molecule has 5 N–H and O–H groups in total. The lowest BCUT2D eigenvalue weighted by Crippen LogP contribution is -2.51. The van der Waals surface area contributed by atoms with Crippen LogP contribution >= 0.6 is 0 Å². The molecule has 22 heavy (non-hydrogen) atoms. The normalized spacial score (nSPS) is 19.2. The van der Waals surface area contributed by atoms with Gasteiger partial charge in [0, 0.05) is 19.1 Å². The Hall–Kier alpha value is -1.83. The Morgan fingerprint density at radius 3 is 2.59 bits per heavy atom.